The number of fused-ring (bicyclic) bond motifs is 3. The number of aliphatic hydroxyl groups is 1. The predicted octanol–water partition coefficient (Wildman–Crippen LogP) is -0.295. The molecule has 3 aliphatic heterocycles. The molecule has 1 aromatic heterocycles. The third-order valence-electron chi connectivity index (χ3n) is 7.16. The van der Waals surface area contributed by atoms with E-state index in [1.807, 2.05) is 12.1 Å². The summed E-state index contributed by atoms with van der Waals surface area (Å²) in [5, 5.41) is 18.2. The number of ether oxygens (including phenoxy) is 1. The van der Waals surface area contributed by atoms with Gasteiger partial charge in [0.2, 0.25) is 5.60 Å². The van der Waals surface area contributed by atoms with Gasteiger partial charge in [0.25, 0.3) is 5.91 Å². The Morgan fingerprint density at radius 3 is 2.17 bits per heavy atom. The summed E-state index contributed by atoms with van der Waals surface area (Å²) < 4.78 is 11.4. The second-order valence-electron chi connectivity index (χ2n) is 9.29. The van der Waals surface area contributed by atoms with Crippen LogP contribution < -0.4 is 22.3 Å². The van der Waals surface area contributed by atoms with E-state index >= 15 is 0 Å². The van der Waals surface area contributed by atoms with Crippen molar-refractivity contribution in [1.82, 2.24) is 5.16 Å². The Bertz CT molecular complexity index is 1090. The van der Waals surface area contributed by atoms with Gasteiger partial charge in [0.05, 0.1) is 13.1 Å². The quantitative estimate of drug-likeness (QED) is 0.314. The van der Waals surface area contributed by atoms with Crippen LogP contribution in [0.2, 0.25) is 0 Å². The number of piperidine rings is 3. The smallest absolute Gasteiger partial charge is 0.348 e. The van der Waals surface area contributed by atoms with Gasteiger partial charge < -0.3 is 41.1 Å². The zero-order chi connectivity index (χ0) is 23.6. The molecule has 3 saturated heterocycles. The van der Waals surface area contributed by atoms with Gasteiger partial charge in [0.1, 0.15) is 12.8 Å². The molecule has 3 aromatic rings. The first-order chi connectivity index (χ1) is 16.5. The number of benzene rings is 2. The molecule has 8 nitrogen and oxygen atoms in total. The molecule has 9 heteroatoms. The van der Waals surface area contributed by atoms with E-state index in [0.29, 0.717) is 28.0 Å². The lowest BCUT2D eigenvalue weighted by molar-refractivity contribution is -0.939. The third-order valence-corrected chi connectivity index (χ3v) is 7.16. The Morgan fingerprint density at radius 2 is 1.63 bits per heavy atom. The number of hydrogen-bond acceptors (Lipinski definition) is 6. The number of amides is 1. The van der Waals surface area contributed by atoms with Crippen LogP contribution in [0.25, 0.3) is 0 Å². The summed E-state index contributed by atoms with van der Waals surface area (Å²) in [6.45, 7) is 2.52. The van der Waals surface area contributed by atoms with E-state index in [4.69, 9.17) is 9.26 Å². The van der Waals surface area contributed by atoms with Crippen molar-refractivity contribution in [3.05, 3.63) is 84.1 Å². The SMILES string of the molecule is O=C(C[N+]12CCC(CC1)[C@@H](OC(=O)C(O)(c1ccccc1)c1ccccc1)C2)Nc1ccon1.[Br-]. The van der Waals surface area contributed by atoms with Crippen molar-refractivity contribution in [3.8, 4) is 0 Å². The molecule has 0 unspecified atom stereocenters. The van der Waals surface area contributed by atoms with Gasteiger partial charge in [-0.1, -0.05) is 65.8 Å². The van der Waals surface area contributed by atoms with Gasteiger partial charge in [-0.3, -0.25) is 4.79 Å². The van der Waals surface area contributed by atoms with Crippen LogP contribution in [0, 0.1) is 5.92 Å². The summed E-state index contributed by atoms with van der Waals surface area (Å²) >= 11 is 0. The molecule has 2 aromatic carbocycles. The Labute approximate surface area is 214 Å². The zero-order valence-electron chi connectivity index (χ0n) is 19.2. The van der Waals surface area contributed by atoms with Gasteiger partial charge in [-0.2, -0.15) is 0 Å². The number of quaternary nitrogens is 1. The average Bonchev–Trinajstić information content (AvgIpc) is 3.37. The van der Waals surface area contributed by atoms with Crippen LogP contribution >= 0.6 is 0 Å². The number of carbonyl (C=O) groups excluding carboxylic acids is 2. The Kier molecular flexibility index (Phi) is 7.39. The highest BCUT2D eigenvalue weighted by Crippen LogP contribution is 2.38. The van der Waals surface area contributed by atoms with Crippen molar-refractivity contribution in [3.63, 3.8) is 0 Å². The fourth-order valence-corrected chi connectivity index (χ4v) is 5.32. The summed E-state index contributed by atoms with van der Waals surface area (Å²) in [5.74, 6) is -0.231. The minimum Gasteiger partial charge on any atom is -1.00 e. The summed E-state index contributed by atoms with van der Waals surface area (Å²) in [7, 11) is 0. The van der Waals surface area contributed by atoms with E-state index < -0.39 is 11.6 Å². The van der Waals surface area contributed by atoms with Crippen molar-refractivity contribution < 1.29 is 45.4 Å². The third kappa shape index (κ3) is 5.03. The lowest BCUT2D eigenvalue weighted by Crippen LogP contribution is -3.00. The van der Waals surface area contributed by atoms with Gasteiger partial charge in [-0.05, 0) is 11.1 Å². The summed E-state index contributed by atoms with van der Waals surface area (Å²) in [5.41, 5.74) is -0.990. The Balaban J connectivity index is 0.00000289. The maximum Gasteiger partial charge on any atom is 0.348 e. The van der Waals surface area contributed by atoms with E-state index in [9.17, 15) is 14.7 Å². The van der Waals surface area contributed by atoms with Crippen LogP contribution in [0.3, 0.4) is 0 Å². The van der Waals surface area contributed by atoms with Crippen molar-refractivity contribution in [1.29, 1.82) is 0 Å². The summed E-state index contributed by atoms with van der Waals surface area (Å²) in [6.07, 6.45) is 2.77. The molecule has 0 saturated carbocycles. The highest BCUT2D eigenvalue weighted by molar-refractivity contribution is 5.90. The number of nitrogens with one attached hydrogen (secondary N) is 1. The molecule has 0 spiro atoms. The van der Waals surface area contributed by atoms with Crippen molar-refractivity contribution >= 4 is 17.7 Å². The number of rotatable bonds is 7. The molecule has 1 amide bonds. The first-order valence-electron chi connectivity index (χ1n) is 11.6. The molecule has 35 heavy (non-hydrogen) atoms. The minimum absolute atomic E-state index is 0. The molecule has 2 N–H and O–H groups in total. The first kappa shape index (κ1) is 25.1. The molecule has 0 radical (unpaired) electrons. The van der Waals surface area contributed by atoms with Gasteiger partial charge in [-0.15, -0.1) is 0 Å². The number of halogens is 1. The van der Waals surface area contributed by atoms with Gasteiger partial charge in [0.15, 0.2) is 18.5 Å². The molecule has 0 aliphatic carbocycles. The minimum atomic E-state index is -1.91. The van der Waals surface area contributed by atoms with Crippen molar-refractivity contribution in [2.45, 2.75) is 24.5 Å². The van der Waals surface area contributed by atoms with Crippen LogP contribution in [0.4, 0.5) is 5.82 Å². The van der Waals surface area contributed by atoms with E-state index in [-0.39, 0.29) is 41.5 Å². The van der Waals surface area contributed by atoms with E-state index in [0.717, 1.165) is 25.9 Å². The van der Waals surface area contributed by atoms with Crippen LogP contribution in [0.5, 0.6) is 0 Å². The van der Waals surface area contributed by atoms with Gasteiger partial charge in [-0.25, -0.2) is 4.79 Å². The molecule has 2 bridgehead atoms. The number of esters is 1. The van der Waals surface area contributed by atoms with Gasteiger partial charge in [0, 0.05) is 24.8 Å². The second kappa shape index (κ2) is 10.3. The predicted molar refractivity (Wildman–Crippen MR) is 123 cm³/mol. The maximum atomic E-state index is 13.6. The highest BCUT2D eigenvalue weighted by Gasteiger charge is 2.51. The van der Waals surface area contributed by atoms with E-state index in [1.165, 1.54) is 6.26 Å². The summed E-state index contributed by atoms with van der Waals surface area (Å²) in [6, 6.07) is 19.4. The molecule has 6 rings (SSSR count). The number of nitrogens with zero attached hydrogens (tertiary/aromatic N) is 2. The topological polar surface area (TPSA) is 102 Å². The second-order valence-corrected chi connectivity index (χ2v) is 9.29. The maximum absolute atomic E-state index is 13.6. The molecule has 184 valence electrons. The number of carbonyl (C=O) groups is 2. The monoisotopic (exact) mass is 541 g/mol. The lowest BCUT2D eigenvalue weighted by atomic mass is 9.82. The fraction of sp³-hybridized carbons (Fsp3) is 0.346. The van der Waals surface area contributed by atoms with Crippen LogP contribution in [-0.2, 0) is 19.9 Å². The molecule has 3 aliphatic rings. The molecule has 1 atom stereocenters. The van der Waals surface area contributed by atoms with E-state index in [2.05, 4.69) is 10.5 Å². The molecule has 3 fully saturated rings. The fourth-order valence-electron chi connectivity index (χ4n) is 5.32. The zero-order valence-corrected chi connectivity index (χ0v) is 20.8. The molecule has 4 heterocycles. The number of hydrogen-bond donors (Lipinski definition) is 2. The summed E-state index contributed by atoms with van der Waals surface area (Å²) in [4.78, 5) is 26.2. The Morgan fingerprint density at radius 1 is 1.03 bits per heavy atom. The van der Waals surface area contributed by atoms with Crippen LogP contribution in [0.1, 0.15) is 24.0 Å². The molecular formula is C26H28BrN3O5. The lowest BCUT2D eigenvalue weighted by Gasteiger charge is -2.51. The number of aromatic nitrogens is 1. The van der Waals surface area contributed by atoms with Crippen LogP contribution in [0.15, 0.2) is 77.5 Å². The van der Waals surface area contributed by atoms with Crippen molar-refractivity contribution in [2.75, 3.05) is 31.5 Å². The highest BCUT2D eigenvalue weighted by atomic mass is 79.9. The number of anilines is 1. The largest absolute Gasteiger partial charge is 1.00 e. The van der Waals surface area contributed by atoms with Crippen molar-refractivity contribution in [2.24, 2.45) is 5.92 Å². The molecular weight excluding hydrogens is 514 g/mol. The average molecular weight is 542 g/mol. The standard InChI is InChI=1S/C26H27N3O5.BrH/c30-24(27-23-13-16-33-28-23)18-29-14-11-19(12-15-29)22(17-29)34-25(31)26(32,20-7-3-1-4-8-20)21-9-5-2-6-10-21;/h1-10,13,16,19,22,32H,11-12,14-15,17-18H2;1H/t19?,22-,29?;/m0./s1. The normalized spacial score (nSPS) is 23.2. The van der Waals surface area contributed by atoms with Crippen LogP contribution in [-0.4, -0.2) is 58.9 Å². The Hall–Kier alpha value is -3.01. The van der Waals surface area contributed by atoms with E-state index in [1.54, 1.807) is 54.6 Å². The van der Waals surface area contributed by atoms with Gasteiger partial charge >= 0.3 is 5.97 Å². The first-order valence-corrected chi connectivity index (χ1v) is 11.6.